The normalized spacial score (nSPS) is 10.4. The Bertz CT molecular complexity index is 543. The van der Waals surface area contributed by atoms with Crippen LogP contribution in [0.25, 0.3) is 11.1 Å². The molecule has 1 N–H and O–H groups in total. The van der Waals surface area contributed by atoms with E-state index in [9.17, 15) is 13.2 Å². The van der Waals surface area contributed by atoms with Crippen molar-refractivity contribution in [2.75, 3.05) is 0 Å². The average Bonchev–Trinajstić information content (AvgIpc) is 2.26. The van der Waals surface area contributed by atoms with Crippen LogP contribution in [0, 0.1) is 17.5 Å². The number of halogens is 3. The molecule has 0 saturated carbocycles. The van der Waals surface area contributed by atoms with Crippen molar-refractivity contribution < 1.29 is 18.3 Å². The molecule has 0 aliphatic rings. The largest absolute Gasteiger partial charge is 0.506 e. The van der Waals surface area contributed by atoms with Crippen LogP contribution in [0.4, 0.5) is 13.2 Å². The summed E-state index contributed by atoms with van der Waals surface area (Å²) in [4.78, 5) is 3.62. The van der Waals surface area contributed by atoms with E-state index >= 15 is 0 Å². The maximum Gasteiger partial charge on any atom is 0.195 e. The Hall–Kier alpha value is -2.04. The molecule has 0 spiro atoms. The summed E-state index contributed by atoms with van der Waals surface area (Å²) in [5, 5.41) is 9.14. The maximum absolute atomic E-state index is 13.4. The third-order valence-electron chi connectivity index (χ3n) is 2.07. The second-order valence-electron chi connectivity index (χ2n) is 3.15. The predicted octanol–water partition coefficient (Wildman–Crippen LogP) is 2.87. The number of hydrogen-bond donors (Lipinski definition) is 1. The molecule has 0 aliphatic heterocycles. The fraction of sp³-hybridized carbons (Fsp3) is 0. The van der Waals surface area contributed by atoms with Crippen molar-refractivity contribution >= 4 is 0 Å². The molecule has 16 heavy (non-hydrogen) atoms. The van der Waals surface area contributed by atoms with E-state index < -0.39 is 17.5 Å². The summed E-state index contributed by atoms with van der Waals surface area (Å²) in [5.74, 6) is -4.27. The summed E-state index contributed by atoms with van der Waals surface area (Å²) in [6, 6.07) is 3.12. The van der Waals surface area contributed by atoms with E-state index in [1.807, 2.05) is 0 Å². The molecule has 1 aromatic heterocycles. The van der Waals surface area contributed by atoms with E-state index in [2.05, 4.69) is 4.98 Å². The van der Waals surface area contributed by atoms with Crippen LogP contribution in [0.2, 0.25) is 0 Å². The van der Waals surface area contributed by atoms with Crippen LogP contribution in [0.5, 0.6) is 5.75 Å². The number of benzene rings is 1. The molecule has 0 saturated heterocycles. The predicted molar refractivity (Wildman–Crippen MR) is 51.2 cm³/mol. The van der Waals surface area contributed by atoms with Crippen molar-refractivity contribution in [2.24, 2.45) is 0 Å². The second kappa shape index (κ2) is 3.84. The third kappa shape index (κ3) is 1.71. The van der Waals surface area contributed by atoms with Crippen LogP contribution in [0.15, 0.2) is 30.6 Å². The van der Waals surface area contributed by atoms with Gasteiger partial charge < -0.3 is 5.11 Å². The van der Waals surface area contributed by atoms with E-state index in [4.69, 9.17) is 5.11 Å². The molecule has 2 nitrogen and oxygen atoms in total. The van der Waals surface area contributed by atoms with Crippen LogP contribution in [0.1, 0.15) is 0 Å². The molecule has 0 fully saturated rings. The first-order chi connectivity index (χ1) is 7.59. The number of aromatic nitrogens is 1. The van der Waals surface area contributed by atoms with Gasteiger partial charge in [-0.05, 0) is 18.2 Å². The minimum absolute atomic E-state index is 0.151. The zero-order valence-corrected chi connectivity index (χ0v) is 7.92. The molecule has 5 heteroatoms. The molecule has 0 unspecified atom stereocenters. The Morgan fingerprint density at radius 2 is 1.75 bits per heavy atom. The van der Waals surface area contributed by atoms with Crippen molar-refractivity contribution in [3.05, 3.63) is 48.0 Å². The first kappa shape index (κ1) is 10.5. The fourth-order valence-electron chi connectivity index (χ4n) is 1.32. The van der Waals surface area contributed by atoms with Crippen molar-refractivity contribution in [3.8, 4) is 16.9 Å². The first-order valence-corrected chi connectivity index (χ1v) is 4.37. The highest BCUT2D eigenvalue weighted by Crippen LogP contribution is 2.27. The van der Waals surface area contributed by atoms with Gasteiger partial charge in [0.2, 0.25) is 0 Å². The van der Waals surface area contributed by atoms with E-state index in [1.54, 1.807) is 0 Å². The van der Waals surface area contributed by atoms with E-state index in [1.165, 1.54) is 12.3 Å². The Morgan fingerprint density at radius 1 is 1.00 bits per heavy atom. The molecule has 0 radical (unpaired) electrons. The molecule has 0 amide bonds. The maximum atomic E-state index is 13.4. The van der Waals surface area contributed by atoms with Crippen LogP contribution >= 0.6 is 0 Å². The van der Waals surface area contributed by atoms with Gasteiger partial charge in [-0.1, -0.05) is 0 Å². The zero-order chi connectivity index (χ0) is 11.7. The lowest BCUT2D eigenvalue weighted by atomic mass is 10.1. The minimum atomic E-state index is -1.54. The molecule has 0 bridgehead atoms. The van der Waals surface area contributed by atoms with Gasteiger partial charge in [0.1, 0.15) is 5.75 Å². The molecular formula is C11H6F3NO. The lowest BCUT2D eigenvalue weighted by Gasteiger charge is -2.04. The SMILES string of the molecule is Oc1cncc(-c2ccc(F)c(F)c2F)c1. The van der Waals surface area contributed by atoms with Gasteiger partial charge in [-0.25, -0.2) is 13.2 Å². The van der Waals surface area contributed by atoms with Crippen LogP contribution in [0.3, 0.4) is 0 Å². The van der Waals surface area contributed by atoms with Crippen molar-refractivity contribution in [3.63, 3.8) is 0 Å². The lowest BCUT2D eigenvalue weighted by Crippen LogP contribution is -1.94. The number of aromatic hydroxyl groups is 1. The van der Waals surface area contributed by atoms with Crippen LogP contribution in [-0.2, 0) is 0 Å². The quantitative estimate of drug-likeness (QED) is 0.757. The molecule has 2 rings (SSSR count). The Labute approximate surface area is 89.0 Å². The van der Waals surface area contributed by atoms with Crippen molar-refractivity contribution in [2.45, 2.75) is 0 Å². The number of nitrogens with zero attached hydrogens (tertiary/aromatic N) is 1. The van der Waals surface area contributed by atoms with Gasteiger partial charge in [-0.3, -0.25) is 4.98 Å². The molecule has 0 aliphatic carbocycles. The summed E-state index contributed by atoms with van der Waals surface area (Å²) in [5.41, 5.74) is 0.0266. The standard InChI is InChI=1S/C11H6F3NO/c12-9-2-1-8(10(13)11(9)14)6-3-7(16)5-15-4-6/h1-5,16H. The number of pyridine rings is 1. The van der Waals surface area contributed by atoms with Gasteiger partial charge in [0.25, 0.3) is 0 Å². The molecule has 1 aromatic carbocycles. The zero-order valence-electron chi connectivity index (χ0n) is 7.92. The molecule has 82 valence electrons. The Morgan fingerprint density at radius 3 is 2.44 bits per heavy atom. The first-order valence-electron chi connectivity index (χ1n) is 4.37. The highest BCUT2D eigenvalue weighted by molar-refractivity contribution is 5.64. The number of hydrogen-bond acceptors (Lipinski definition) is 2. The molecule has 1 heterocycles. The molecule has 2 aromatic rings. The number of rotatable bonds is 1. The fourth-order valence-corrected chi connectivity index (χ4v) is 1.32. The van der Waals surface area contributed by atoms with E-state index in [-0.39, 0.29) is 16.9 Å². The minimum Gasteiger partial charge on any atom is -0.506 e. The summed E-state index contributed by atoms with van der Waals surface area (Å²) in [6.07, 6.45) is 2.40. The third-order valence-corrected chi connectivity index (χ3v) is 2.07. The second-order valence-corrected chi connectivity index (χ2v) is 3.15. The van der Waals surface area contributed by atoms with Crippen molar-refractivity contribution in [1.29, 1.82) is 0 Å². The van der Waals surface area contributed by atoms with Gasteiger partial charge in [0, 0.05) is 17.3 Å². The summed E-state index contributed by atoms with van der Waals surface area (Å²) in [6.45, 7) is 0. The van der Waals surface area contributed by atoms with Crippen molar-refractivity contribution in [1.82, 2.24) is 4.98 Å². The van der Waals surface area contributed by atoms with Gasteiger partial charge in [-0.15, -0.1) is 0 Å². The van der Waals surface area contributed by atoms with E-state index in [0.29, 0.717) is 0 Å². The van der Waals surface area contributed by atoms with Gasteiger partial charge in [0.05, 0.1) is 6.20 Å². The topological polar surface area (TPSA) is 33.1 Å². The summed E-state index contributed by atoms with van der Waals surface area (Å²) in [7, 11) is 0. The Kier molecular flexibility index (Phi) is 2.52. The van der Waals surface area contributed by atoms with Crippen LogP contribution < -0.4 is 0 Å². The highest BCUT2D eigenvalue weighted by atomic mass is 19.2. The average molecular weight is 225 g/mol. The molecular weight excluding hydrogens is 219 g/mol. The van der Waals surface area contributed by atoms with Gasteiger partial charge >= 0.3 is 0 Å². The molecule has 0 atom stereocenters. The monoisotopic (exact) mass is 225 g/mol. The van der Waals surface area contributed by atoms with Gasteiger partial charge in [-0.2, -0.15) is 0 Å². The van der Waals surface area contributed by atoms with Gasteiger partial charge in [0.15, 0.2) is 17.5 Å². The smallest absolute Gasteiger partial charge is 0.195 e. The highest BCUT2D eigenvalue weighted by Gasteiger charge is 2.14. The summed E-state index contributed by atoms with van der Waals surface area (Å²) < 4.78 is 39.0. The van der Waals surface area contributed by atoms with E-state index in [0.717, 1.165) is 18.3 Å². The summed E-state index contributed by atoms with van der Waals surface area (Å²) >= 11 is 0. The Balaban J connectivity index is 2.61. The van der Waals surface area contributed by atoms with Crippen LogP contribution in [-0.4, -0.2) is 10.1 Å². The lowest BCUT2D eigenvalue weighted by molar-refractivity contribution is 0.448.